The number of rotatable bonds is 3. The largest absolute Gasteiger partial charge is 0.378 e. The van der Waals surface area contributed by atoms with E-state index in [-0.39, 0.29) is 18.1 Å². The van der Waals surface area contributed by atoms with Crippen molar-refractivity contribution in [2.45, 2.75) is 57.8 Å². The zero-order valence-corrected chi connectivity index (χ0v) is 16.5. The summed E-state index contributed by atoms with van der Waals surface area (Å²) in [5, 5.41) is 0. The highest BCUT2D eigenvalue weighted by Crippen LogP contribution is 2.29. The number of nitrogens with zero attached hydrogens (tertiary/aromatic N) is 3. The molecule has 6 nitrogen and oxygen atoms in total. The van der Waals surface area contributed by atoms with Crippen LogP contribution < -0.4 is 4.90 Å². The fourth-order valence-electron chi connectivity index (χ4n) is 4.70. The highest BCUT2D eigenvalue weighted by atomic mass is 16.5. The Bertz CT molecular complexity index is 627. The number of amides is 1. The summed E-state index contributed by atoms with van der Waals surface area (Å²) in [5.74, 6) is 1.64. The second-order valence-corrected chi connectivity index (χ2v) is 8.25. The predicted octanol–water partition coefficient (Wildman–Crippen LogP) is 2.73. The van der Waals surface area contributed by atoms with E-state index in [4.69, 9.17) is 9.47 Å². The van der Waals surface area contributed by atoms with Crippen molar-refractivity contribution in [1.82, 2.24) is 9.88 Å². The third-order valence-electron chi connectivity index (χ3n) is 6.06. The van der Waals surface area contributed by atoms with Crippen molar-refractivity contribution in [2.24, 2.45) is 5.92 Å². The molecule has 0 aromatic carbocycles. The zero-order chi connectivity index (χ0) is 18.8. The van der Waals surface area contributed by atoms with Gasteiger partial charge in [-0.25, -0.2) is 4.98 Å². The van der Waals surface area contributed by atoms with Crippen LogP contribution in [-0.4, -0.2) is 66.9 Å². The molecule has 3 atom stereocenters. The van der Waals surface area contributed by atoms with Crippen molar-refractivity contribution in [3.05, 3.63) is 23.9 Å². The third kappa shape index (κ3) is 4.27. The molecule has 0 spiro atoms. The molecular weight excluding hydrogens is 342 g/mol. The number of carbonyl (C=O) groups is 1. The molecule has 6 heteroatoms. The maximum atomic E-state index is 12.8. The van der Waals surface area contributed by atoms with Gasteiger partial charge in [-0.3, -0.25) is 4.79 Å². The molecule has 0 N–H and O–H groups in total. The minimum absolute atomic E-state index is 0.101. The van der Waals surface area contributed by atoms with E-state index in [2.05, 4.69) is 23.7 Å². The molecule has 3 saturated heterocycles. The van der Waals surface area contributed by atoms with Gasteiger partial charge < -0.3 is 19.3 Å². The minimum Gasteiger partial charge on any atom is -0.378 e. The number of hydrogen-bond acceptors (Lipinski definition) is 5. The molecule has 4 heterocycles. The van der Waals surface area contributed by atoms with E-state index in [0.717, 1.165) is 51.4 Å². The van der Waals surface area contributed by atoms with E-state index >= 15 is 0 Å². The van der Waals surface area contributed by atoms with Gasteiger partial charge in [-0.2, -0.15) is 0 Å². The Labute approximate surface area is 161 Å². The van der Waals surface area contributed by atoms with Crippen molar-refractivity contribution in [1.29, 1.82) is 0 Å². The molecule has 3 unspecified atom stereocenters. The highest BCUT2D eigenvalue weighted by Gasteiger charge is 2.31. The lowest BCUT2D eigenvalue weighted by Gasteiger charge is -2.36. The molecule has 148 valence electrons. The van der Waals surface area contributed by atoms with Crippen LogP contribution in [0.25, 0.3) is 0 Å². The molecule has 0 radical (unpaired) electrons. The van der Waals surface area contributed by atoms with Crippen LogP contribution in [0.2, 0.25) is 0 Å². The minimum atomic E-state index is 0.101. The second-order valence-electron chi connectivity index (χ2n) is 8.25. The SMILES string of the molecule is CC1CN(c2ccc(C(=O)N3CCC(C4CCCO4)CC3)cn2)CC(C)O1. The normalized spacial score (nSPS) is 29.9. The number of ether oxygens (including phenoxy) is 2. The summed E-state index contributed by atoms with van der Waals surface area (Å²) in [7, 11) is 0. The zero-order valence-electron chi connectivity index (χ0n) is 16.5. The molecule has 1 amide bonds. The molecule has 1 aromatic rings. The van der Waals surface area contributed by atoms with Gasteiger partial charge in [-0.15, -0.1) is 0 Å². The number of likely N-dealkylation sites (tertiary alicyclic amines) is 1. The van der Waals surface area contributed by atoms with Gasteiger partial charge in [0.1, 0.15) is 5.82 Å². The number of carbonyl (C=O) groups excluding carboxylic acids is 1. The molecule has 0 aliphatic carbocycles. The Balaban J connectivity index is 1.34. The topological polar surface area (TPSA) is 54.9 Å². The van der Waals surface area contributed by atoms with Gasteiger partial charge >= 0.3 is 0 Å². The number of morpholine rings is 1. The third-order valence-corrected chi connectivity index (χ3v) is 6.06. The number of hydrogen-bond donors (Lipinski definition) is 0. The van der Waals surface area contributed by atoms with E-state index in [1.54, 1.807) is 6.20 Å². The van der Waals surface area contributed by atoms with E-state index in [1.807, 2.05) is 17.0 Å². The summed E-state index contributed by atoms with van der Waals surface area (Å²) < 4.78 is 11.6. The van der Waals surface area contributed by atoms with E-state index in [0.29, 0.717) is 17.6 Å². The molecule has 1 aromatic heterocycles. The van der Waals surface area contributed by atoms with E-state index in [1.165, 1.54) is 12.8 Å². The summed E-state index contributed by atoms with van der Waals surface area (Å²) in [6.45, 7) is 8.39. The molecule has 3 aliphatic heterocycles. The highest BCUT2D eigenvalue weighted by molar-refractivity contribution is 5.94. The van der Waals surface area contributed by atoms with Crippen molar-refractivity contribution in [3.63, 3.8) is 0 Å². The van der Waals surface area contributed by atoms with Crippen molar-refractivity contribution < 1.29 is 14.3 Å². The monoisotopic (exact) mass is 373 g/mol. The van der Waals surface area contributed by atoms with Crippen molar-refractivity contribution in [2.75, 3.05) is 37.7 Å². The maximum absolute atomic E-state index is 12.8. The summed E-state index contributed by atoms with van der Waals surface area (Å²) in [6.07, 6.45) is 7.00. The Morgan fingerprint density at radius 1 is 1.11 bits per heavy atom. The number of pyridine rings is 1. The second kappa shape index (κ2) is 8.15. The standard InChI is InChI=1S/C21H31N3O3/c1-15-13-24(14-16(2)27-15)20-6-5-18(12-22-20)21(25)23-9-7-17(8-10-23)19-4-3-11-26-19/h5-6,12,15-17,19H,3-4,7-11,13-14H2,1-2H3. The summed E-state index contributed by atoms with van der Waals surface area (Å²) in [5.41, 5.74) is 0.684. The molecular formula is C21H31N3O3. The lowest BCUT2D eigenvalue weighted by atomic mass is 9.89. The van der Waals surface area contributed by atoms with Crippen LogP contribution in [0.15, 0.2) is 18.3 Å². The van der Waals surface area contributed by atoms with Gasteiger partial charge in [-0.05, 0) is 57.6 Å². The average molecular weight is 373 g/mol. The molecule has 0 bridgehead atoms. The van der Waals surface area contributed by atoms with Crippen molar-refractivity contribution >= 4 is 11.7 Å². The summed E-state index contributed by atoms with van der Waals surface area (Å²) in [4.78, 5) is 21.6. The van der Waals surface area contributed by atoms with Gasteiger partial charge in [0, 0.05) is 39.0 Å². The van der Waals surface area contributed by atoms with Gasteiger partial charge in [0.15, 0.2) is 0 Å². The van der Waals surface area contributed by atoms with Crippen molar-refractivity contribution in [3.8, 4) is 0 Å². The molecule has 3 fully saturated rings. The number of aromatic nitrogens is 1. The number of piperidine rings is 1. The molecule has 4 rings (SSSR count). The van der Waals surface area contributed by atoms with Crippen LogP contribution in [0.5, 0.6) is 0 Å². The van der Waals surface area contributed by atoms with Crippen LogP contribution in [0, 0.1) is 5.92 Å². The van der Waals surface area contributed by atoms with Crippen LogP contribution >= 0.6 is 0 Å². The Morgan fingerprint density at radius 3 is 2.44 bits per heavy atom. The smallest absolute Gasteiger partial charge is 0.255 e. The van der Waals surface area contributed by atoms with Crippen LogP contribution in [-0.2, 0) is 9.47 Å². The van der Waals surface area contributed by atoms with Gasteiger partial charge in [0.05, 0.1) is 23.9 Å². The quantitative estimate of drug-likeness (QED) is 0.815. The fourth-order valence-corrected chi connectivity index (χ4v) is 4.70. The summed E-state index contributed by atoms with van der Waals surface area (Å²) >= 11 is 0. The van der Waals surface area contributed by atoms with Crippen LogP contribution in [0.4, 0.5) is 5.82 Å². The van der Waals surface area contributed by atoms with Crippen LogP contribution in [0.1, 0.15) is 49.9 Å². The number of anilines is 1. The van der Waals surface area contributed by atoms with Gasteiger partial charge in [-0.1, -0.05) is 0 Å². The first-order chi connectivity index (χ1) is 13.1. The molecule has 0 saturated carbocycles. The summed E-state index contributed by atoms with van der Waals surface area (Å²) in [6, 6.07) is 3.89. The van der Waals surface area contributed by atoms with E-state index < -0.39 is 0 Å². The fraction of sp³-hybridized carbons (Fsp3) is 0.714. The first-order valence-corrected chi connectivity index (χ1v) is 10.4. The Morgan fingerprint density at radius 2 is 1.85 bits per heavy atom. The Hall–Kier alpha value is -1.66. The first-order valence-electron chi connectivity index (χ1n) is 10.4. The first kappa shape index (κ1) is 18.7. The van der Waals surface area contributed by atoms with Crippen LogP contribution in [0.3, 0.4) is 0 Å². The average Bonchev–Trinajstić information content (AvgIpc) is 3.22. The maximum Gasteiger partial charge on any atom is 0.255 e. The van der Waals surface area contributed by atoms with Gasteiger partial charge in [0.25, 0.3) is 5.91 Å². The molecule has 27 heavy (non-hydrogen) atoms. The van der Waals surface area contributed by atoms with Gasteiger partial charge in [0.2, 0.25) is 0 Å². The lowest BCUT2D eigenvalue weighted by molar-refractivity contribution is -0.00546. The van der Waals surface area contributed by atoms with E-state index in [9.17, 15) is 4.79 Å². The molecule has 3 aliphatic rings. The Kier molecular flexibility index (Phi) is 5.64. The predicted molar refractivity (Wildman–Crippen MR) is 104 cm³/mol. The lowest BCUT2D eigenvalue weighted by Crippen LogP contribution is -2.45.